The van der Waals surface area contributed by atoms with Crippen molar-refractivity contribution in [2.24, 2.45) is 0 Å². The van der Waals surface area contributed by atoms with Gasteiger partial charge in [-0.1, -0.05) is 12.1 Å². The third-order valence-corrected chi connectivity index (χ3v) is 4.82. The van der Waals surface area contributed by atoms with Gasteiger partial charge in [0.05, 0.1) is 13.7 Å². The number of nitrogens with one attached hydrogen (secondary N) is 1. The number of carbonyl (C=O) groups is 2. The van der Waals surface area contributed by atoms with Gasteiger partial charge >= 0.3 is 12.0 Å². The predicted molar refractivity (Wildman–Crippen MR) is 99.1 cm³/mol. The van der Waals surface area contributed by atoms with E-state index in [1.165, 1.54) is 18.4 Å². The largest absolute Gasteiger partial charge is 0.464 e. The van der Waals surface area contributed by atoms with Gasteiger partial charge in [0, 0.05) is 17.1 Å². The second kappa shape index (κ2) is 8.11. The third-order valence-electron chi connectivity index (χ3n) is 3.98. The SMILES string of the molecule is COC(=O)c1csc(CN(C(=O)Nc2cccc(C)c2C)C(C)C)n1. The molecule has 0 saturated heterocycles. The molecule has 2 amide bonds. The van der Waals surface area contributed by atoms with Crippen molar-refractivity contribution in [3.63, 3.8) is 0 Å². The number of thiazole rings is 1. The molecule has 134 valence electrons. The Labute approximate surface area is 151 Å². The van der Waals surface area contributed by atoms with Gasteiger partial charge in [-0.15, -0.1) is 11.3 Å². The van der Waals surface area contributed by atoms with Crippen LogP contribution in [0.1, 0.15) is 40.5 Å². The van der Waals surface area contributed by atoms with Crippen LogP contribution in [0.15, 0.2) is 23.6 Å². The molecule has 0 atom stereocenters. The minimum absolute atomic E-state index is 0.0180. The predicted octanol–water partition coefficient (Wildman–Crippen LogP) is 3.99. The van der Waals surface area contributed by atoms with Crippen LogP contribution >= 0.6 is 11.3 Å². The first-order valence-electron chi connectivity index (χ1n) is 8.00. The Hall–Kier alpha value is -2.41. The summed E-state index contributed by atoms with van der Waals surface area (Å²) < 4.78 is 4.67. The van der Waals surface area contributed by atoms with Crippen molar-refractivity contribution in [3.8, 4) is 0 Å². The molecule has 0 aliphatic rings. The zero-order chi connectivity index (χ0) is 18.6. The zero-order valence-electron chi connectivity index (χ0n) is 15.1. The van der Waals surface area contributed by atoms with E-state index < -0.39 is 5.97 Å². The highest BCUT2D eigenvalue weighted by atomic mass is 32.1. The average molecular weight is 361 g/mol. The Kier molecular flexibility index (Phi) is 6.14. The number of anilines is 1. The fraction of sp³-hybridized carbons (Fsp3) is 0.389. The van der Waals surface area contributed by atoms with Gasteiger partial charge in [-0.3, -0.25) is 0 Å². The number of amides is 2. The molecule has 1 N–H and O–H groups in total. The number of aryl methyl sites for hydroxylation is 1. The lowest BCUT2D eigenvalue weighted by Gasteiger charge is -2.26. The first kappa shape index (κ1) is 18.9. The molecule has 0 aliphatic carbocycles. The van der Waals surface area contributed by atoms with E-state index in [0.717, 1.165) is 16.8 Å². The van der Waals surface area contributed by atoms with Crippen LogP contribution in [-0.2, 0) is 11.3 Å². The molecule has 0 spiro atoms. The van der Waals surface area contributed by atoms with E-state index >= 15 is 0 Å². The first-order chi connectivity index (χ1) is 11.8. The Balaban J connectivity index is 2.14. The summed E-state index contributed by atoms with van der Waals surface area (Å²) >= 11 is 1.33. The molecule has 0 saturated carbocycles. The van der Waals surface area contributed by atoms with Gasteiger partial charge in [0.2, 0.25) is 0 Å². The average Bonchev–Trinajstić information content (AvgIpc) is 3.04. The zero-order valence-corrected chi connectivity index (χ0v) is 15.9. The van der Waals surface area contributed by atoms with E-state index in [1.54, 1.807) is 10.3 Å². The van der Waals surface area contributed by atoms with Crippen molar-refractivity contribution < 1.29 is 14.3 Å². The number of rotatable bonds is 5. The quantitative estimate of drug-likeness (QED) is 0.818. The number of benzene rings is 1. The molecule has 1 aromatic carbocycles. The number of aromatic nitrogens is 1. The summed E-state index contributed by atoms with van der Waals surface area (Å²) in [5.41, 5.74) is 3.23. The second-order valence-corrected chi connectivity index (χ2v) is 6.96. The van der Waals surface area contributed by atoms with Crippen LogP contribution in [-0.4, -0.2) is 35.0 Å². The Morgan fingerprint density at radius 1 is 1.32 bits per heavy atom. The van der Waals surface area contributed by atoms with Crippen molar-refractivity contribution in [1.82, 2.24) is 9.88 Å². The molecule has 7 heteroatoms. The van der Waals surface area contributed by atoms with Gasteiger partial charge in [-0.25, -0.2) is 14.6 Å². The smallest absolute Gasteiger partial charge is 0.357 e. The summed E-state index contributed by atoms with van der Waals surface area (Å²) in [6.07, 6.45) is 0. The molecule has 0 unspecified atom stereocenters. The van der Waals surface area contributed by atoms with Crippen molar-refractivity contribution >= 4 is 29.0 Å². The topological polar surface area (TPSA) is 71.5 Å². The lowest BCUT2D eigenvalue weighted by molar-refractivity contribution is 0.0594. The fourth-order valence-electron chi connectivity index (χ4n) is 2.29. The molecule has 0 aliphatic heterocycles. The van der Waals surface area contributed by atoms with Crippen molar-refractivity contribution in [1.29, 1.82) is 0 Å². The van der Waals surface area contributed by atoms with E-state index in [1.807, 2.05) is 45.9 Å². The van der Waals surface area contributed by atoms with E-state index in [4.69, 9.17) is 0 Å². The minimum atomic E-state index is -0.474. The standard InChI is InChI=1S/C18H23N3O3S/c1-11(2)21(9-16-19-15(10-25-16)17(22)24-5)18(23)20-14-8-6-7-12(3)13(14)4/h6-8,10-11H,9H2,1-5H3,(H,20,23). The number of ether oxygens (including phenoxy) is 1. The highest BCUT2D eigenvalue weighted by molar-refractivity contribution is 7.09. The van der Waals surface area contributed by atoms with Gasteiger partial charge in [0.15, 0.2) is 5.69 Å². The van der Waals surface area contributed by atoms with Crippen molar-refractivity contribution in [3.05, 3.63) is 45.4 Å². The van der Waals surface area contributed by atoms with Crippen LogP contribution in [0.25, 0.3) is 0 Å². The van der Waals surface area contributed by atoms with E-state index in [0.29, 0.717) is 11.6 Å². The van der Waals surface area contributed by atoms with Gasteiger partial charge in [0.1, 0.15) is 5.01 Å². The molecule has 25 heavy (non-hydrogen) atoms. The third kappa shape index (κ3) is 4.57. The minimum Gasteiger partial charge on any atom is -0.464 e. The lowest BCUT2D eigenvalue weighted by atomic mass is 10.1. The number of carbonyl (C=O) groups excluding carboxylic acids is 2. The summed E-state index contributed by atoms with van der Waals surface area (Å²) in [4.78, 5) is 30.2. The molecule has 1 aromatic heterocycles. The lowest BCUT2D eigenvalue weighted by Crippen LogP contribution is -2.39. The van der Waals surface area contributed by atoms with Crippen LogP contribution in [0.3, 0.4) is 0 Å². The van der Waals surface area contributed by atoms with Gasteiger partial charge < -0.3 is 15.0 Å². The van der Waals surface area contributed by atoms with Crippen molar-refractivity contribution in [2.45, 2.75) is 40.3 Å². The molecule has 0 radical (unpaired) electrons. The molecule has 1 heterocycles. The molecule has 6 nitrogen and oxygen atoms in total. The van der Waals surface area contributed by atoms with Crippen LogP contribution < -0.4 is 5.32 Å². The number of urea groups is 1. The fourth-order valence-corrected chi connectivity index (χ4v) is 3.05. The molecule has 2 rings (SSSR count). The Morgan fingerprint density at radius 2 is 2.04 bits per heavy atom. The molecule has 0 fully saturated rings. The van der Waals surface area contributed by atoms with Crippen LogP contribution in [0.5, 0.6) is 0 Å². The maximum absolute atomic E-state index is 12.7. The highest BCUT2D eigenvalue weighted by Gasteiger charge is 2.21. The van der Waals surface area contributed by atoms with Gasteiger partial charge in [-0.2, -0.15) is 0 Å². The Morgan fingerprint density at radius 3 is 2.68 bits per heavy atom. The van der Waals surface area contributed by atoms with Crippen LogP contribution in [0, 0.1) is 13.8 Å². The molecule has 2 aromatic rings. The summed E-state index contributed by atoms with van der Waals surface area (Å²) in [6.45, 7) is 8.20. The number of hydrogen-bond acceptors (Lipinski definition) is 5. The number of esters is 1. The molecular formula is C18H23N3O3S. The summed E-state index contributed by atoms with van der Waals surface area (Å²) in [5, 5.41) is 5.29. The molecule has 0 bridgehead atoms. The normalized spacial score (nSPS) is 10.6. The summed E-state index contributed by atoms with van der Waals surface area (Å²) in [7, 11) is 1.32. The maximum atomic E-state index is 12.7. The highest BCUT2D eigenvalue weighted by Crippen LogP contribution is 2.20. The maximum Gasteiger partial charge on any atom is 0.357 e. The summed E-state index contributed by atoms with van der Waals surface area (Å²) in [6, 6.07) is 5.60. The Bertz CT molecular complexity index is 771. The van der Waals surface area contributed by atoms with E-state index in [2.05, 4.69) is 15.0 Å². The number of methoxy groups -OCH3 is 1. The van der Waals surface area contributed by atoms with Crippen molar-refractivity contribution in [2.75, 3.05) is 12.4 Å². The second-order valence-electron chi connectivity index (χ2n) is 6.02. The monoisotopic (exact) mass is 361 g/mol. The van der Waals surface area contributed by atoms with Gasteiger partial charge in [0.25, 0.3) is 0 Å². The molecular weight excluding hydrogens is 338 g/mol. The summed E-state index contributed by atoms with van der Waals surface area (Å²) in [5.74, 6) is -0.474. The van der Waals surface area contributed by atoms with Crippen LogP contribution in [0.4, 0.5) is 10.5 Å². The number of hydrogen-bond donors (Lipinski definition) is 1. The first-order valence-corrected chi connectivity index (χ1v) is 8.88. The van der Waals surface area contributed by atoms with Crippen LogP contribution in [0.2, 0.25) is 0 Å². The number of nitrogens with zero attached hydrogens (tertiary/aromatic N) is 2. The van der Waals surface area contributed by atoms with E-state index in [-0.39, 0.29) is 17.8 Å². The van der Waals surface area contributed by atoms with E-state index in [9.17, 15) is 9.59 Å². The van der Waals surface area contributed by atoms with Gasteiger partial charge in [-0.05, 0) is 44.9 Å².